The first kappa shape index (κ1) is 15.9. The Morgan fingerprint density at radius 1 is 1.16 bits per heavy atom. The molecular weight excluding hydrogens is 363 g/mol. The van der Waals surface area contributed by atoms with Crippen LogP contribution in [-0.2, 0) is 5.75 Å². The van der Waals surface area contributed by atoms with Gasteiger partial charge in [0.15, 0.2) is 5.82 Å². The van der Waals surface area contributed by atoms with Crippen LogP contribution in [0.4, 0.5) is 4.39 Å². The Bertz CT molecular complexity index is 1040. The van der Waals surface area contributed by atoms with E-state index in [1.165, 1.54) is 28.6 Å². The molecule has 126 valence electrons. The Hall–Kier alpha value is -2.58. The van der Waals surface area contributed by atoms with Gasteiger partial charge in [-0.3, -0.25) is 0 Å². The first-order chi connectivity index (χ1) is 12.1. The van der Waals surface area contributed by atoms with E-state index in [2.05, 4.69) is 20.2 Å². The van der Waals surface area contributed by atoms with Crippen molar-refractivity contribution < 1.29 is 4.39 Å². The molecule has 3 N–H and O–H groups in total. The van der Waals surface area contributed by atoms with Crippen LogP contribution in [0, 0.1) is 5.82 Å². The summed E-state index contributed by atoms with van der Waals surface area (Å²) in [4.78, 5) is 7.71. The van der Waals surface area contributed by atoms with Gasteiger partial charge in [0, 0.05) is 10.6 Å². The molecule has 0 atom stereocenters. The summed E-state index contributed by atoms with van der Waals surface area (Å²) in [5.41, 5.74) is 2.42. The number of aromatic nitrogens is 5. The van der Waals surface area contributed by atoms with E-state index in [9.17, 15) is 4.39 Å². The fourth-order valence-corrected chi connectivity index (χ4v) is 3.31. The molecule has 0 amide bonds. The average Bonchev–Trinajstić information content (AvgIpc) is 3.16. The number of hydrogen-bond acceptors (Lipinski definition) is 5. The smallest absolute Gasteiger partial charge is 0.210 e. The van der Waals surface area contributed by atoms with Crippen molar-refractivity contribution in [3.63, 3.8) is 0 Å². The van der Waals surface area contributed by atoms with Crippen molar-refractivity contribution in [3.8, 4) is 11.4 Å². The first-order valence-electron chi connectivity index (χ1n) is 7.33. The number of nitrogens with one attached hydrogen (secondary N) is 1. The number of nitrogens with two attached hydrogens (primary N) is 1. The molecule has 0 aliphatic heterocycles. The lowest BCUT2D eigenvalue weighted by atomic mass is 10.2. The van der Waals surface area contributed by atoms with Crippen LogP contribution in [0.15, 0.2) is 47.6 Å². The molecule has 0 unspecified atom stereocenters. The summed E-state index contributed by atoms with van der Waals surface area (Å²) in [6, 6.07) is 11.4. The van der Waals surface area contributed by atoms with Crippen LogP contribution in [-0.4, -0.2) is 24.8 Å². The van der Waals surface area contributed by atoms with Gasteiger partial charge in [-0.05, 0) is 42.5 Å². The molecule has 0 fully saturated rings. The van der Waals surface area contributed by atoms with E-state index in [0.29, 0.717) is 27.3 Å². The number of hydrogen-bond donors (Lipinski definition) is 2. The van der Waals surface area contributed by atoms with Gasteiger partial charge in [-0.25, -0.2) is 14.1 Å². The SMILES string of the molecule is Nn1c(SCc2nc3ccc(Cl)cc3[nH]2)nnc1-c1ccc(F)cc1. The Kier molecular flexibility index (Phi) is 4.06. The Balaban J connectivity index is 1.53. The van der Waals surface area contributed by atoms with Crippen molar-refractivity contribution in [3.05, 3.63) is 59.1 Å². The standard InChI is InChI=1S/C16H12ClFN6S/c17-10-3-6-12-13(7-10)21-14(20-12)8-25-16-23-22-15(24(16)19)9-1-4-11(18)5-2-9/h1-7H,8,19H2,(H,20,21). The van der Waals surface area contributed by atoms with E-state index in [4.69, 9.17) is 17.4 Å². The molecule has 0 saturated heterocycles. The molecule has 2 aromatic heterocycles. The van der Waals surface area contributed by atoms with Crippen LogP contribution in [0.3, 0.4) is 0 Å². The zero-order chi connectivity index (χ0) is 17.4. The van der Waals surface area contributed by atoms with E-state index in [1.54, 1.807) is 18.2 Å². The number of halogens is 2. The normalized spacial score (nSPS) is 11.3. The van der Waals surface area contributed by atoms with Gasteiger partial charge < -0.3 is 10.8 Å². The average molecular weight is 375 g/mol. The van der Waals surface area contributed by atoms with Crippen molar-refractivity contribution in [2.45, 2.75) is 10.9 Å². The maximum atomic E-state index is 13.0. The van der Waals surface area contributed by atoms with Gasteiger partial charge in [-0.2, -0.15) is 0 Å². The van der Waals surface area contributed by atoms with Crippen molar-refractivity contribution in [2.24, 2.45) is 0 Å². The third kappa shape index (κ3) is 3.18. The molecule has 2 heterocycles. The van der Waals surface area contributed by atoms with E-state index in [-0.39, 0.29) is 5.82 Å². The maximum absolute atomic E-state index is 13.0. The van der Waals surface area contributed by atoms with Crippen molar-refractivity contribution in [1.29, 1.82) is 0 Å². The van der Waals surface area contributed by atoms with Crippen molar-refractivity contribution in [1.82, 2.24) is 24.8 Å². The topological polar surface area (TPSA) is 85.4 Å². The fraction of sp³-hybridized carbons (Fsp3) is 0.0625. The highest BCUT2D eigenvalue weighted by Gasteiger charge is 2.13. The van der Waals surface area contributed by atoms with E-state index in [1.807, 2.05) is 12.1 Å². The summed E-state index contributed by atoms with van der Waals surface area (Å²) < 4.78 is 14.4. The summed E-state index contributed by atoms with van der Waals surface area (Å²) in [6.45, 7) is 0. The quantitative estimate of drug-likeness (QED) is 0.421. The number of rotatable bonds is 4. The second-order valence-electron chi connectivity index (χ2n) is 5.32. The maximum Gasteiger partial charge on any atom is 0.210 e. The molecule has 0 bridgehead atoms. The van der Waals surface area contributed by atoms with Crippen LogP contribution in [0.2, 0.25) is 5.02 Å². The molecule has 9 heteroatoms. The van der Waals surface area contributed by atoms with Crippen molar-refractivity contribution in [2.75, 3.05) is 5.84 Å². The summed E-state index contributed by atoms with van der Waals surface area (Å²) in [5, 5.41) is 9.36. The monoisotopic (exact) mass is 374 g/mol. The Labute approximate surface area is 151 Å². The minimum atomic E-state index is -0.313. The Morgan fingerprint density at radius 2 is 1.96 bits per heavy atom. The number of thioether (sulfide) groups is 1. The van der Waals surface area contributed by atoms with Gasteiger partial charge in [0.05, 0.1) is 16.8 Å². The zero-order valence-electron chi connectivity index (χ0n) is 12.8. The first-order valence-corrected chi connectivity index (χ1v) is 8.70. The number of nitrogens with zero attached hydrogens (tertiary/aromatic N) is 4. The Morgan fingerprint density at radius 3 is 2.76 bits per heavy atom. The van der Waals surface area contributed by atoms with Gasteiger partial charge in [0.2, 0.25) is 5.16 Å². The summed E-state index contributed by atoms with van der Waals surface area (Å²) in [5.74, 6) is 7.55. The van der Waals surface area contributed by atoms with Crippen LogP contribution < -0.4 is 5.84 Å². The summed E-state index contributed by atoms with van der Waals surface area (Å²) in [7, 11) is 0. The van der Waals surface area contributed by atoms with Crippen LogP contribution in [0.25, 0.3) is 22.4 Å². The molecule has 6 nitrogen and oxygen atoms in total. The molecule has 0 spiro atoms. The molecule has 0 radical (unpaired) electrons. The van der Waals surface area contributed by atoms with Gasteiger partial charge in [-0.15, -0.1) is 10.2 Å². The van der Waals surface area contributed by atoms with Gasteiger partial charge in [0.1, 0.15) is 11.6 Å². The van der Waals surface area contributed by atoms with E-state index in [0.717, 1.165) is 16.9 Å². The largest absolute Gasteiger partial charge is 0.341 e. The van der Waals surface area contributed by atoms with Gasteiger partial charge in [-0.1, -0.05) is 23.4 Å². The summed E-state index contributed by atoms with van der Waals surface area (Å²) >= 11 is 7.38. The number of aromatic amines is 1. The van der Waals surface area contributed by atoms with E-state index < -0.39 is 0 Å². The number of nitrogen functional groups attached to an aromatic ring is 1. The van der Waals surface area contributed by atoms with Crippen LogP contribution >= 0.6 is 23.4 Å². The third-order valence-corrected chi connectivity index (χ3v) is 4.79. The zero-order valence-corrected chi connectivity index (χ0v) is 14.4. The molecule has 4 aromatic rings. The summed E-state index contributed by atoms with van der Waals surface area (Å²) in [6.07, 6.45) is 0. The molecule has 25 heavy (non-hydrogen) atoms. The molecular formula is C16H12ClFN6S. The third-order valence-electron chi connectivity index (χ3n) is 3.60. The lowest BCUT2D eigenvalue weighted by molar-refractivity contribution is 0.628. The predicted octanol–water partition coefficient (Wildman–Crippen LogP) is 3.62. The minimum Gasteiger partial charge on any atom is -0.341 e. The number of fused-ring (bicyclic) bond motifs is 1. The van der Waals surface area contributed by atoms with Crippen LogP contribution in [0.1, 0.15) is 5.82 Å². The van der Waals surface area contributed by atoms with Crippen molar-refractivity contribution >= 4 is 34.4 Å². The highest BCUT2D eigenvalue weighted by Crippen LogP contribution is 2.25. The fourth-order valence-electron chi connectivity index (χ4n) is 2.41. The second-order valence-corrected chi connectivity index (χ2v) is 6.70. The highest BCUT2D eigenvalue weighted by molar-refractivity contribution is 7.98. The van der Waals surface area contributed by atoms with Gasteiger partial charge >= 0.3 is 0 Å². The number of imidazole rings is 1. The number of H-pyrrole nitrogens is 1. The predicted molar refractivity (Wildman–Crippen MR) is 96.2 cm³/mol. The molecule has 0 aliphatic carbocycles. The number of benzene rings is 2. The molecule has 4 rings (SSSR count). The second kappa shape index (κ2) is 6.38. The lowest BCUT2D eigenvalue weighted by Gasteiger charge is -2.03. The highest BCUT2D eigenvalue weighted by atomic mass is 35.5. The van der Waals surface area contributed by atoms with Crippen LogP contribution in [0.5, 0.6) is 0 Å². The lowest BCUT2D eigenvalue weighted by Crippen LogP contribution is -2.11. The van der Waals surface area contributed by atoms with Gasteiger partial charge in [0.25, 0.3) is 0 Å². The van der Waals surface area contributed by atoms with E-state index >= 15 is 0 Å². The molecule has 2 aromatic carbocycles. The minimum absolute atomic E-state index is 0.313. The molecule has 0 saturated carbocycles. The molecule has 0 aliphatic rings.